The Balaban J connectivity index is 1.63. The van der Waals surface area contributed by atoms with Gasteiger partial charge in [0.1, 0.15) is 6.10 Å². The summed E-state index contributed by atoms with van der Waals surface area (Å²) in [5.41, 5.74) is 4.80. The van der Waals surface area contributed by atoms with Gasteiger partial charge in [-0.25, -0.2) is 21.8 Å². The summed E-state index contributed by atoms with van der Waals surface area (Å²) in [6, 6.07) is 18.1. The van der Waals surface area contributed by atoms with Crippen molar-refractivity contribution in [1.29, 1.82) is 0 Å². The van der Waals surface area contributed by atoms with Crippen LogP contribution in [0.1, 0.15) is 28.5 Å². The first kappa shape index (κ1) is 22.5. The number of hydrogen-bond donors (Lipinski definition) is 2. The lowest BCUT2D eigenvalue weighted by molar-refractivity contribution is -0.0142. The summed E-state index contributed by atoms with van der Waals surface area (Å²) in [4.78, 5) is 22.0. The molecule has 0 bridgehead atoms. The molecule has 1 fully saturated rings. The summed E-state index contributed by atoms with van der Waals surface area (Å²) in [6.45, 7) is 4.12. The molecule has 3 aromatic rings. The molecular weight excluding hydrogens is 406 g/mol. The van der Waals surface area contributed by atoms with Crippen molar-refractivity contribution in [2.75, 3.05) is 32.8 Å². The summed E-state index contributed by atoms with van der Waals surface area (Å²) in [7, 11) is 0. The molecule has 0 radical (unpaired) electrons. The van der Waals surface area contributed by atoms with E-state index in [-0.39, 0.29) is 12.7 Å². The third-order valence-corrected chi connectivity index (χ3v) is 5.68. The molecule has 2 heterocycles. The maximum Gasteiger partial charge on any atom is 0.159 e. The van der Waals surface area contributed by atoms with Gasteiger partial charge in [-0.05, 0) is 11.1 Å². The van der Waals surface area contributed by atoms with E-state index >= 15 is 0 Å². The average molecular weight is 436 g/mol. The molecule has 4 N–H and O–H groups in total. The molecule has 8 heteroatoms. The predicted molar refractivity (Wildman–Crippen MR) is 121 cm³/mol. The Morgan fingerprint density at radius 3 is 2.47 bits per heavy atom. The zero-order valence-electron chi connectivity index (χ0n) is 18.0. The minimum atomic E-state index is -0.256. The van der Waals surface area contributed by atoms with Gasteiger partial charge in [0.2, 0.25) is 0 Å². The number of benzene rings is 2. The average Bonchev–Trinajstić information content (AvgIpc) is 2.85. The van der Waals surface area contributed by atoms with Gasteiger partial charge < -0.3 is 4.74 Å². The second-order valence-electron chi connectivity index (χ2n) is 7.76. The van der Waals surface area contributed by atoms with Crippen molar-refractivity contribution in [3.63, 3.8) is 0 Å². The van der Waals surface area contributed by atoms with Crippen LogP contribution in [0.25, 0.3) is 11.4 Å². The lowest BCUT2D eigenvalue weighted by Crippen LogP contribution is -2.39. The number of nitrogens with zero attached hydrogens (tertiary/aromatic N) is 3. The molecule has 1 saturated heterocycles. The Morgan fingerprint density at radius 2 is 1.72 bits per heavy atom. The molecule has 8 nitrogen and oxygen atoms in total. The van der Waals surface area contributed by atoms with Crippen molar-refractivity contribution in [3.8, 4) is 11.4 Å². The van der Waals surface area contributed by atoms with Gasteiger partial charge in [0.25, 0.3) is 0 Å². The Morgan fingerprint density at radius 1 is 0.969 bits per heavy atom. The fourth-order valence-corrected chi connectivity index (χ4v) is 3.95. The van der Waals surface area contributed by atoms with Crippen LogP contribution in [0.2, 0.25) is 0 Å². The predicted octanol–water partition coefficient (Wildman–Crippen LogP) is 2.39. The second kappa shape index (κ2) is 11.2. The maximum atomic E-state index is 5.74. The van der Waals surface area contributed by atoms with E-state index in [0.717, 1.165) is 54.3 Å². The number of hydrogen-bond acceptors (Lipinski definition) is 8. The van der Waals surface area contributed by atoms with Crippen LogP contribution in [0, 0.1) is 0 Å². The van der Waals surface area contributed by atoms with Gasteiger partial charge in [0.05, 0.1) is 25.5 Å². The zero-order valence-corrected chi connectivity index (χ0v) is 18.0. The molecule has 2 aromatic carbocycles. The third kappa shape index (κ3) is 5.55. The fourth-order valence-electron chi connectivity index (χ4n) is 3.95. The molecule has 4 rings (SSSR count). The van der Waals surface area contributed by atoms with Gasteiger partial charge in [0, 0.05) is 43.4 Å². The molecule has 1 aromatic heterocycles. The van der Waals surface area contributed by atoms with Crippen molar-refractivity contribution in [2.45, 2.75) is 19.1 Å². The standard InChI is InChI=1S/C24H29N5O3/c25-31-17-20-15-27-24(18-6-2-1-3-7-18)28-22(20)14-19-8-4-5-9-21(19)23(32-26)16-29-10-12-30-13-11-29/h1-9,15,23H,10-14,16-17,25-26H2. The lowest BCUT2D eigenvalue weighted by Gasteiger charge is -2.30. The van der Waals surface area contributed by atoms with Crippen molar-refractivity contribution in [2.24, 2.45) is 11.8 Å². The third-order valence-electron chi connectivity index (χ3n) is 5.68. The Hall–Kier alpha value is -2.72. The highest BCUT2D eigenvalue weighted by Crippen LogP contribution is 2.26. The first-order valence-electron chi connectivity index (χ1n) is 10.7. The summed E-state index contributed by atoms with van der Waals surface area (Å²) >= 11 is 0. The normalized spacial score (nSPS) is 15.6. The molecule has 1 atom stereocenters. The molecule has 0 saturated carbocycles. The molecule has 1 aliphatic heterocycles. The summed E-state index contributed by atoms with van der Waals surface area (Å²) in [5.74, 6) is 11.8. The molecule has 1 unspecified atom stereocenters. The first-order chi connectivity index (χ1) is 15.8. The quantitative estimate of drug-likeness (QED) is 0.493. The topological polar surface area (TPSA) is 109 Å². The maximum absolute atomic E-state index is 5.74. The SMILES string of the molecule is NOCc1cnc(-c2ccccc2)nc1Cc1ccccc1C(CN1CCOCC1)ON. The minimum absolute atomic E-state index is 0.233. The number of aromatic nitrogens is 2. The minimum Gasteiger partial charge on any atom is -0.379 e. The summed E-state index contributed by atoms with van der Waals surface area (Å²) in [6.07, 6.45) is 2.11. The second-order valence-corrected chi connectivity index (χ2v) is 7.76. The van der Waals surface area contributed by atoms with E-state index < -0.39 is 0 Å². The van der Waals surface area contributed by atoms with Gasteiger partial charge >= 0.3 is 0 Å². The van der Waals surface area contributed by atoms with Gasteiger partial charge in [-0.15, -0.1) is 0 Å². The Bertz CT molecular complexity index is 996. The highest BCUT2D eigenvalue weighted by molar-refractivity contribution is 5.55. The molecule has 1 aliphatic rings. The number of ether oxygens (including phenoxy) is 1. The monoisotopic (exact) mass is 435 g/mol. The van der Waals surface area contributed by atoms with Crippen LogP contribution in [-0.2, 0) is 27.4 Å². The molecule has 0 amide bonds. The van der Waals surface area contributed by atoms with E-state index in [2.05, 4.69) is 22.0 Å². The van der Waals surface area contributed by atoms with Gasteiger partial charge in [-0.2, -0.15) is 0 Å². The van der Waals surface area contributed by atoms with Gasteiger partial charge in [-0.3, -0.25) is 14.6 Å². The Labute approximate surface area is 188 Å². The van der Waals surface area contributed by atoms with Crippen LogP contribution in [0.4, 0.5) is 0 Å². The van der Waals surface area contributed by atoms with Crippen LogP contribution in [0.5, 0.6) is 0 Å². The Kier molecular flexibility index (Phi) is 7.89. The first-order valence-corrected chi connectivity index (χ1v) is 10.7. The van der Waals surface area contributed by atoms with Crippen LogP contribution < -0.4 is 11.8 Å². The summed E-state index contributed by atoms with van der Waals surface area (Å²) < 4.78 is 5.46. The zero-order chi connectivity index (χ0) is 22.2. The number of nitrogens with two attached hydrogens (primary N) is 2. The van der Waals surface area contributed by atoms with E-state index in [1.165, 1.54) is 0 Å². The molecule has 168 valence electrons. The van der Waals surface area contributed by atoms with E-state index in [0.29, 0.717) is 18.8 Å². The highest BCUT2D eigenvalue weighted by atomic mass is 16.6. The molecule has 32 heavy (non-hydrogen) atoms. The van der Waals surface area contributed by atoms with Crippen molar-refractivity contribution >= 4 is 0 Å². The van der Waals surface area contributed by atoms with Crippen LogP contribution in [0.3, 0.4) is 0 Å². The lowest BCUT2D eigenvalue weighted by atomic mass is 9.96. The fraction of sp³-hybridized carbons (Fsp3) is 0.333. The van der Waals surface area contributed by atoms with Crippen LogP contribution >= 0.6 is 0 Å². The van der Waals surface area contributed by atoms with Gasteiger partial charge in [-0.1, -0.05) is 54.6 Å². The van der Waals surface area contributed by atoms with Gasteiger partial charge in [0.15, 0.2) is 5.82 Å². The van der Waals surface area contributed by atoms with Crippen molar-refractivity contribution in [3.05, 3.63) is 83.2 Å². The molecular formula is C24H29N5O3. The molecule has 0 aliphatic carbocycles. The number of morpholine rings is 1. The largest absolute Gasteiger partial charge is 0.379 e. The number of rotatable bonds is 9. The van der Waals surface area contributed by atoms with Crippen molar-refractivity contribution in [1.82, 2.24) is 14.9 Å². The van der Waals surface area contributed by atoms with Crippen LogP contribution in [0.15, 0.2) is 60.8 Å². The molecule has 0 spiro atoms. The van der Waals surface area contributed by atoms with Crippen LogP contribution in [-0.4, -0.2) is 47.7 Å². The smallest absolute Gasteiger partial charge is 0.159 e. The van der Waals surface area contributed by atoms with E-state index in [9.17, 15) is 0 Å². The van der Waals surface area contributed by atoms with E-state index in [1.54, 1.807) is 6.20 Å². The van der Waals surface area contributed by atoms with Crippen molar-refractivity contribution < 1.29 is 14.4 Å². The summed E-state index contributed by atoms with van der Waals surface area (Å²) in [5, 5.41) is 0. The van der Waals surface area contributed by atoms with E-state index in [1.807, 2.05) is 42.5 Å². The van der Waals surface area contributed by atoms with E-state index in [4.69, 9.17) is 31.2 Å². The highest BCUT2D eigenvalue weighted by Gasteiger charge is 2.22.